The minimum Gasteiger partial charge on any atom is -0.488 e. The average molecular weight is 313 g/mol. The van der Waals surface area contributed by atoms with Crippen LogP contribution >= 0.6 is 0 Å². The summed E-state index contributed by atoms with van der Waals surface area (Å²) >= 11 is 0. The number of amides is 1. The quantitative estimate of drug-likeness (QED) is 0.853. The Morgan fingerprint density at radius 2 is 1.61 bits per heavy atom. The van der Waals surface area contributed by atoms with Crippen molar-refractivity contribution in [3.8, 4) is 5.75 Å². The third kappa shape index (κ3) is 4.33. The summed E-state index contributed by atoms with van der Waals surface area (Å²) in [4.78, 5) is 14.3. The van der Waals surface area contributed by atoms with E-state index in [1.54, 1.807) is 11.0 Å². The second kappa shape index (κ2) is 8.34. The lowest BCUT2D eigenvalue weighted by molar-refractivity contribution is 0.0768. The molecular weight excluding hydrogens is 290 g/mol. The van der Waals surface area contributed by atoms with Crippen molar-refractivity contribution in [3.63, 3.8) is 0 Å². The lowest BCUT2D eigenvalue weighted by atomic mass is 10.1. The van der Waals surface area contributed by atoms with E-state index < -0.39 is 0 Å². The SMILES string of the molecule is CCN(CC)C(=O)c1ccccc1OCc1ccc(CO)cc1. The molecule has 1 amide bonds. The minimum absolute atomic E-state index is 0.0128. The predicted octanol–water partition coefficient (Wildman–Crippen LogP) is 3.24. The number of hydrogen-bond donors (Lipinski definition) is 1. The maximum Gasteiger partial charge on any atom is 0.257 e. The van der Waals surface area contributed by atoms with E-state index in [0.717, 1.165) is 11.1 Å². The van der Waals surface area contributed by atoms with Crippen LogP contribution in [-0.4, -0.2) is 29.0 Å². The van der Waals surface area contributed by atoms with Crippen molar-refractivity contribution < 1.29 is 14.6 Å². The standard InChI is InChI=1S/C19H23NO3/c1-3-20(4-2)19(22)17-7-5-6-8-18(17)23-14-16-11-9-15(13-21)10-12-16/h5-12,21H,3-4,13-14H2,1-2H3. The smallest absolute Gasteiger partial charge is 0.257 e. The van der Waals surface area contributed by atoms with Gasteiger partial charge in [0.25, 0.3) is 5.91 Å². The van der Waals surface area contributed by atoms with Crippen LogP contribution in [-0.2, 0) is 13.2 Å². The van der Waals surface area contributed by atoms with Crippen LogP contribution in [0.15, 0.2) is 48.5 Å². The number of rotatable bonds is 7. The third-order valence-electron chi connectivity index (χ3n) is 3.77. The van der Waals surface area contributed by atoms with Crippen molar-refractivity contribution in [1.29, 1.82) is 0 Å². The number of ether oxygens (including phenoxy) is 1. The Balaban J connectivity index is 2.12. The fourth-order valence-corrected chi connectivity index (χ4v) is 2.35. The third-order valence-corrected chi connectivity index (χ3v) is 3.77. The molecule has 0 spiro atoms. The highest BCUT2D eigenvalue weighted by Gasteiger charge is 2.16. The van der Waals surface area contributed by atoms with Gasteiger partial charge in [-0.05, 0) is 37.1 Å². The van der Waals surface area contributed by atoms with Crippen molar-refractivity contribution in [2.45, 2.75) is 27.1 Å². The number of carbonyl (C=O) groups excluding carboxylic acids is 1. The molecule has 122 valence electrons. The van der Waals surface area contributed by atoms with Crippen LogP contribution < -0.4 is 4.74 Å². The van der Waals surface area contributed by atoms with Gasteiger partial charge in [-0.2, -0.15) is 0 Å². The molecule has 0 fully saturated rings. The van der Waals surface area contributed by atoms with Gasteiger partial charge in [0.1, 0.15) is 12.4 Å². The minimum atomic E-state index is -0.0128. The van der Waals surface area contributed by atoms with Gasteiger partial charge in [0.15, 0.2) is 0 Å². The van der Waals surface area contributed by atoms with Gasteiger partial charge >= 0.3 is 0 Å². The van der Waals surface area contributed by atoms with Crippen LogP contribution in [0, 0.1) is 0 Å². The highest BCUT2D eigenvalue weighted by atomic mass is 16.5. The Hall–Kier alpha value is -2.33. The molecule has 1 N–H and O–H groups in total. The largest absolute Gasteiger partial charge is 0.488 e. The summed E-state index contributed by atoms with van der Waals surface area (Å²) < 4.78 is 5.85. The van der Waals surface area contributed by atoms with Crippen molar-refractivity contribution in [2.24, 2.45) is 0 Å². The molecule has 4 heteroatoms. The van der Waals surface area contributed by atoms with Gasteiger partial charge in [-0.1, -0.05) is 36.4 Å². The first-order chi connectivity index (χ1) is 11.2. The number of aliphatic hydroxyl groups is 1. The number of benzene rings is 2. The maximum absolute atomic E-state index is 12.5. The van der Waals surface area contributed by atoms with Crippen LogP contribution in [0.1, 0.15) is 35.3 Å². The normalized spacial score (nSPS) is 10.4. The highest BCUT2D eigenvalue weighted by Crippen LogP contribution is 2.21. The van der Waals surface area contributed by atoms with Gasteiger partial charge in [-0.3, -0.25) is 4.79 Å². The molecule has 0 aliphatic carbocycles. The van der Waals surface area contributed by atoms with E-state index in [0.29, 0.717) is 31.0 Å². The van der Waals surface area contributed by atoms with Crippen molar-refractivity contribution in [1.82, 2.24) is 4.90 Å². The zero-order valence-electron chi connectivity index (χ0n) is 13.7. The maximum atomic E-state index is 12.5. The van der Waals surface area contributed by atoms with Crippen molar-refractivity contribution >= 4 is 5.91 Å². The van der Waals surface area contributed by atoms with E-state index >= 15 is 0 Å². The molecule has 0 atom stereocenters. The summed E-state index contributed by atoms with van der Waals surface area (Å²) in [5, 5.41) is 9.06. The van der Waals surface area contributed by atoms with Gasteiger partial charge in [0.2, 0.25) is 0 Å². The van der Waals surface area contributed by atoms with Crippen molar-refractivity contribution in [3.05, 3.63) is 65.2 Å². The fraction of sp³-hybridized carbons (Fsp3) is 0.316. The summed E-state index contributed by atoms with van der Waals surface area (Å²) in [7, 11) is 0. The summed E-state index contributed by atoms with van der Waals surface area (Å²) in [6.45, 7) is 5.69. The van der Waals surface area contributed by atoms with Crippen LogP contribution in [0.25, 0.3) is 0 Å². The van der Waals surface area contributed by atoms with Gasteiger partial charge in [0, 0.05) is 13.1 Å². The van der Waals surface area contributed by atoms with E-state index in [-0.39, 0.29) is 12.5 Å². The molecule has 0 heterocycles. The number of hydrogen-bond acceptors (Lipinski definition) is 3. The Bertz CT molecular complexity index is 633. The molecule has 0 saturated carbocycles. The molecule has 0 aliphatic rings. The molecule has 2 aromatic carbocycles. The monoisotopic (exact) mass is 313 g/mol. The molecule has 2 rings (SSSR count). The lowest BCUT2D eigenvalue weighted by Gasteiger charge is -2.20. The van der Waals surface area contributed by atoms with Gasteiger partial charge in [-0.15, -0.1) is 0 Å². The fourth-order valence-electron chi connectivity index (χ4n) is 2.35. The lowest BCUT2D eigenvalue weighted by Crippen LogP contribution is -2.30. The first-order valence-electron chi connectivity index (χ1n) is 7.89. The van der Waals surface area contributed by atoms with E-state index in [2.05, 4.69) is 0 Å². The Morgan fingerprint density at radius 3 is 2.22 bits per heavy atom. The molecule has 4 nitrogen and oxygen atoms in total. The van der Waals surface area contributed by atoms with E-state index in [1.165, 1.54) is 0 Å². The molecule has 0 aromatic heterocycles. The number of carbonyl (C=O) groups is 1. The molecule has 0 saturated heterocycles. The highest BCUT2D eigenvalue weighted by molar-refractivity contribution is 5.96. The van der Waals surface area contributed by atoms with E-state index in [4.69, 9.17) is 9.84 Å². The van der Waals surface area contributed by atoms with E-state index in [1.807, 2.05) is 56.3 Å². The molecule has 0 radical (unpaired) electrons. The summed E-state index contributed by atoms with van der Waals surface area (Å²) in [5.74, 6) is 0.580. The average Bonchev–Trinajstić information content (AvgIpc) is 2.61. The second-order valence-electron chi connectivity index (χ2n) is 5.24. The Labute approximate surface area is 137 Å². The first-order valence-corrected chi connectivity index (χ1v) is 7.89. The molecular formula is C19H23NO3. The van der Waals surface area contributed by atoms with E-state index in [9.17, 15) is 4.79 Å². The zero-order valence-corrected chi connectivity index (χ0v) is 13.7. The van der Waals surface area contributed by atoms with Gasteiger partial charge < -0.3 is 14.7 Å². The Morgan fingerprint density at radius 1 is 1.00 bits per heavy atom. The molecule has 0 bridgehead atoms. The molecule has 2 aromatic rings. The summed E-state index contributed by atoms with van der Waals surface area (Å²) in [6.07, 6.45) is 0. The summed E-state index contributed by atoms with van der Waals surface area (Å²) in [5.41, 5.74) is 2.45. The number of nitrogens with zero attached hydrogens (tertiary/aromatic N) is 1. The molecule has 0 unspecified atom stereocenters. The summed E-state index contributed by atoms with van der Waals surface area (Å²) in [6, 6.07) is 14.9. The first kappa shape index (κ1) is 17.0. The Kier molecular flexibility index (Phi) is 6.18. The number of aliphatic hydroxyl groups excluding tert-OH is 1. The van der Waals surface area contributed by atoms with Crippen LogP contribution in [0.3, 0.4) is 0 Å². The van der Waals surface area contributed by atoms with Crippen LogP contribution in [0.5, 0.6) is 5.75 Å². The van der Waals surface area contributed by atoms with Crippen molar-refractivity contribution in [2.75, 3.05) is 13.1 Å². The second-order valence-corrected chi connectivity index (χ2v) is 5.24. The predicted molar refractivity (Wildman–Crippen MR) is 90.4 cm³/mol. The zero-order chi connectivity index (χ0) is 16.7. The van der Waals surface area contributed by atoms with Gasteiger partial charge in [-0.25, -0.2) is 0 Å². The molecule has 23 heavy (non-hydrogen) atoms. The number of para-hydroxylation sites is 1. The topological polar surface area (TPSA) is 49.8 Å². The van der Waals surface area contributed by atoms with Crippen LogP contribution in [0.4, 0.5) is 0 Å². The van der Waals surface area contributed by atoms with Crippen LogP contribution in [0.2, 0.25) is 0 Å². The van der Waals surface area contributed by atoms with Gasteiger partial charge in [0.05, 0.1) is 12.2 Å². The molecule has 0 aliphatic heterocycles.